The minimum Gasteiger partial charge on any atom is -0.480 e. The second-order valence-electron chi connectivity index (χ2n) is 4.07. The third-order valence-electron chi connectivity index (χ3n) is 2.65. The van der Waals surface area contributed by atoms with Gasteiger partial charge in [0.15, 0.2) is 5.25 Å². The Kier molecular flexibility index (Phi) is 5.31. The summed E-state index contributed by atoms with van der Waals surface area (Å²) in [4.78, 5) is 10.8. The number of carboxylic acid groups (broad SMARTS) is 1. The van der Waals surface area contributed by atoms with E-state index < -0.39 is 21.2 Å². The fourth-order valence-electron chi connectivity index (χ4n) is 1.41. The summed E-state index contributed by atoms with van der Waals surface area (Å²) in [5.41, 5.74) is 1.17. The summed E-state index contributed by atoms with van der Waals surface area (Å²) in [6.07, 6.45) is 0. The fourth-order valence-corrected chi connectivity index (χ4v) is 2.36. The van der Waals surface area contributed by atoms with Crippen molar-refractivity contribution in [1.82, 2.24) is 5.32 Å². The first-order valence-electron chi connectivity index (χ1n) is 5.91. The normalized spacial score (nSPS) is 12.9. The van der Waals surface area contributed by atoms with E-state index in [9.17, 15) is 13.2 Å². The number of rotatable bonds is 7. The molecular formula is C12H18N2O4S. The van der Waals surface area contributed by atoms with Gasteiger partial charge in [-0.3, -0.25) is 9.52 Å². The SMILES string of the molecule is CCNCc1ccccc1NS(=O)(=O)C(C)C(=O)O. The molecule has 6 nitrogen and oxygen atoms in total. The Bertz CT molecular complexity index is 542. The van der Waals surface area contributed by atoms with Crippen molar-refractivity contribution in [2.24, 2.45) is 0 Å². The highest BCUT2D eigenvalue weighted by Crippen LogP contribution is 2.18. The van der Waals surface area contributed by atoms with Gasteiger partial charge in [-0.1, -0.05) is 25.1 Å². The molecule has 1 unspecified atom stereocenters. The summed E-state index contributed by atoms with van der Waals surface area (Å²) in [6, 6.07) is 6.88. The number of benzene rings is 1. The van der Waals surface area contributed by atoms with Crippen molar-refractivity contribution in [2.75, 3.05) is 11.3 Å². The number of carbonyl (C=O) groups is 1. The van der Waals surface area contributed by atoms with Gasteiger partial charge in [0.2, 0.25) is 10.0 Å². The lowest BCUT2D eigenvalue weighted by molar-refractivity contribution is -0.136. The zero-order valence-electron chi connectivity index (χ0n) is 10.9. The van der Waals surface area contributed by atoms with Crippen LogP contribution in [0.25, 0.3) is 0 Å². The van der Waals surface area contributed by atoms with Crippen molar-refractivity contribution < 1.29 is 18.3 Å². The maximum atomic E-state index is 11.9. The third-order valence-corrected chi connectivity index (χ3v) is 4.29. The van der Waals surface area contributed by atoms with Crippen LogP contribution in [0, 0.1) is 0 Å². The summed E-state index contributed by atoms with van der Waals surface area (Å²) in [5.74, 6) is -1.38. The fraction of sp³-hybridized carbons (Fsp3) is 0.417. The van der Waals surface area contributed by atoms with Crippen LogP contribution in [0.3, 0.4) is 0 Å². The molecule has 0 saturated heterocycles. The van der Waals surface area contributed by atoms with Gasteiger partial charge in [0, 0.05) is 6.54 Å². The van der Waals surface area contributed by atoms with E-state index in [-0.39, 0.29) is 0 Å². The Hall–Kier alpha value is -1.60. The van der Waals surface area contributed by atoms with E-state index in [0.717, 1.165) is 19.0 Å². The Balaban J connectivity index is 2.96. The van der Waals surface area contributed by atoms with Crippen molar-refractivity contribution in [1.29, 1.82) is 0 Å². The van der Waals surface area contributed by atoms with E-state index in [1.165, 1.54) is 0 Å². The predicted octanol–water partition coefficient (Wildman–Crippen LogP) is 1.01. The van der Waals surface area contributed by atoms with Crippen LogP contribution in [0.15, 0.2) is 24.3 Å². The van der Waals surface area contributed by atoms with Gasteiger partial charge in [-0.05, 0) is 25.1 Å². The highest BCUT2D eigenvalue weighted by atomic mass is 32.2. The second-order valence-corrected chi connectivity index (χ2v) is 6.07. The average Bonchev–Trinajstić information content (AvgIpc) is 2.36. The topological polar surface area (TPSA) is 95.5 Å². The number of carboxylic acids is 1. The number of hydrogen-bond acceptors (Lipinski definition) is 4. The van der Waals surface area contributed by atoms with Gasteiger partial charge in [0.25, 0.3) is 0 Å². The lowest BCUT2D eigenvalue weighted by Gasteiger charge is -2.14. The molecule has 1 atom stereocenters. The zero-order valence-corrected chi connectivity index (χ0v) is 11.7. The molecular weight excluding hydrogens is 268 g/mol. The van der Waals surface area contributed by atoms with E-state index in [1.807, 2.05) is 6.92 Å². The van der Waals surface area contributed by atoms with Gasteiger partial charge < -0.3 is 10.4 Å². The van der Waals surface area contributed by atoms with Crippen molar-refractivity contribution in [2.45, 2.75) is 25.6 Å². The Labute approximate surface area is 112 Å². The highest BCUT2D eigenvalue weighted by Gasteiger charge is 2.27. The van der Waals surface area contributed by atoms with Crippen LogP contribution < -0.4 is 10.0 Å². The first-order valence-corrected chi connectivity index (χ1v) is 7.46. The Morgan fingerprint density at radius 1 is 1.37 bits per heavy atom. The van der Waals surface area contributed by atoms with Gasteiger partial charge in [0.05, 0.1) is 5.69 Å². The average molecular weight is 286 g/mol. The number of para-hydroxylation sites is 1. The molecule has 0 aliphatic heterocycles. The Morgan fingerprint density at radius 3 is 2.58 bits per heavy atom. The van der Waals surface area contributed by atoms with E-state index in [2.05, 4.69) is 10.0 Å². The maximum absolute atomic E-state index is 11.9. The largest absolute Gasteiger partial charge is 0.480 e. The van der Waals surface area contributed by atoms with Gasteiger partial charge >= 0.3 is 5.97 Å². The lowest BCUT2D eigenvalue weighted by atomic mass is 10.2. The Morgan fingerprint density at radius 2 is 2.00 bits per heavy atom. The second kappa shape index (κ2) is 6.53. The molecule has 0 radical (unpaired) electrons. The van der Waals surface area contributed by atoms with Crippen LogP contribution >= 0.6 is 0 Å². The number of anilines is 1. The van der Waals surface area contributed by atoms with Crippen molar-refractivity contribution in [3.63, 3.8) is 0 Å². The monoisotopic (exact) mass is 286 g/mol. The minimum atomic E-state index is -3.94. The molecule has 1 aromatic rings. The molecule has 0 spiro atoms. The van der Waals surface area contributed by atoms with Crippen LogP contribution in [0.4, 0.5) is 5.69 Å². The van der Waals surface area contributed by atoms with Crippen molar-refractivity contribution in [3.8, 4) is 0 Å². The quantitative estimate of drug-likeness (QED) is 0.695. The molecule has 1 rings (SSSR count). The summed E-state index contributed by atoms with van der Waals surface area (Å²) in [5, 5.41) is 10.4. The molecule has 0 aromatic heterocycles. The summed E-state index contributed by atoms with van der Waals surface area (Å²) < 4.78 is 26.0. The maximum Gasteiger partial charge on any atom is 0.323 e. The summed E-state index contributed by atoms with van der Waals surface area (Å²) in [7, 11) is -3.94. The molecule has 0 amide bonds. The number of aliphatic carboxylic acids is 1. The van der Waals surface area contributed by atoms with Gasteiger partial charge in [-0.2, -0.15) is 0 Å². The van der Waals surface area contributed by atoms with Gasteiger partial charge in [-0.25, -0.2) is 8.42 Å². The van der Waals surface area contributed by atoms with Crippen molar-refractivity contribution in [3.05, 3.63) is 29.8 Å². The third kappa shape index (κ3) is 4.22. The standard InChI is InChI=1S/C12H18N2O4S/c1-3-13-8-10-6-4-5-7-11(10)14-19(17,18)9(2)12(15)16/h4-7,9,13-14H,3,8H2,1-2H3,(H,15,16). The van der Waals surface area contributed by atoms with Crippen LogP contribution in [0.2, 0.25) is 0 Å². The molecule has 0 heterocycles. The first-order chi connectivity index (χ1) is 8.88. The van der Waals surface area contributed by atoms with Gasteiger partial charge in [0.1, 0.15) is 0 Å². The smallest absolute Gasteiger partial charge is 0.323 e. The van der Waals surface area contributed by atoms with Crippen LogP contribution in [0.5, 0.6) is 0 Å². The summed E-state index contributed by atoms with van der Waals surface area (Å²) >= 11 is 0. The lowest BCUT2D eigenvalue weighted by Crippen LogP contribution is -2.32. The van der Waals surface area contributed by atoms with E-state index in [0.29, 0.717) is 12.2 Å². The number of hydrogen-bond donors (Lipinski definition) is 3. The van der Waals surface area contributed by atoms with Crippen LogP contribution in [0.1, 0.15) is 19.4 Å². The zero-order chi connectivity index (χ0) is 14.5. The molecule has 19 heavy (non-hydrogen) atoms. The van der Waals surface area contributed by atoms with E-state index in [1.54, 1.807) is 24.3 Å². The molecule has 106 valence electrons. The molecule has 0 saturated carbocycles. The van der Waals surface area contributed by atoms with E-state index >= 15 is 0 Å². The number of nitrogens with one attached hydrogen (secondary N) is 2. The molecule has 0 fully saturated rings. The minimum absolute atomic E-state index is 0.400. The number of sulfonamides is 1. The molecule has 0 bridgehead atoms. The highest BCUT2D eigenvalue weighted by molar-refractivity contribution is 7.94. The molecule has 0 aliphatic carbocycles. The molecule has 1 aromatic carbocycles. The molecule has 0 aliphatic rings. The van der Waals surface area contributed by atoms with Crippen LogP contribution in [-0.4, -0.2) is 31.3 Å². The molecule has 3 N–H and O–H groups in total. The van der Waals surface area contributed by atoms with Crippen LogP contribution in [-0.2, 0) is 21.4 Å². The predicted molar refractivity (Wildman–Crippen MR) is 73.5 cm³/mol. The van der Waals surface area contributed by atoms with E-state index in [4.69, 9.17) is 5.11 Å². The van der Waals surface area contributed by atoms with Gasteiger partial charge in [-0.15, -0.1) is 0 Å². The molecule has 7 heteroatoms. The van der Waals surface area contributed by atoms with Crippen molar-refractivity contribution >= 4 is 21.7 Å². The summed E-state index contributed by atoms with van der Waals surface area (Å²) in [6.45, 7) is 4.35. The first kappa shape index (κ1) is 15.5.